The fraction of sp³-hybridized carbons (Fsp3) is 0.870. The van der Waals surface area contributed by atoms with E-state index in [-0.39, 0.29) is 17.3 Å². The summed E-state index contributed by atoms with van der Waals surface area (Å²) in [7, 11) is 1.58. The number of carbonyl (C=O) groups is 1. The Kier molecular flexibility index (Phi) is 3.72. The lowest BCUT2D eigenvalue weighted by Gasteiger charge is -2.65. The number of rotatable bonds is 2. The van der Waals surface area contributed by atoms with Gasteiger partial charge in [-0.2, -0.15) is 0 Å². The van der Waals surface area contributed by atoms with Crippen molar-refractivity contribution in [3.63, 3.8) is 0 Å². The lowest BCUT2D eigenvalue weighted by atomic mass is 9.43. The molecular weight excluding hydrogens is 322 g/mol. The largest absolute Gasteiger partial charge is 0.469 e. The summed E-state index contributed by atoms with van der Waals surface area (Å²) >= 11 is 0. The van der Waals surface area contributed by atoms with Gasteiger partial charge < -0.3 is 10.1 Å². The standard InChI is InChI=1S/C23H35NO2/c1-13(2)16-9-10-22(3)15-7-5-14-6-8-17-18(21(25)26-4)11-23(22,19(14)17)20(16)24-12-15/h13,15-18,20,24H,5-12H2,1-4H3/t15-,16-,17-,18-,20+,22+,23+/m1/s1. The molecule has 0 aromatic carbocycles. The third-order valence-electron chi connectivity index (χ3n) is 9.63. The number of methoxy groups -OCH3 is 1. The van der Waals surface area contributed by atoms with Crippen LogP contribution in [-0.2, 0) is 9.53 Å². The van der Waals surface area contributed by atoms with E-state index >= 15 is 0 Å². The van der Waals surface area contributed by atoms with E-state index in [1.54, 1.807) is 18.3 Å². The van der Waals surface area contributed by atoms with Gasteiger partial charge in [-0.3, -0.25) is 4.79 Å². The van der Waals surface area contributed by atoms with Gasteiger partial charge in [0.25, 0.3) is 0 Å². The van der Waals surface area contributed by atoms with Gasteiger partial charge in [0.1, 0.15) is 0 Å². The molecule has 3 heteroatoms. The average Bonchev–Trinajstić information content (AvgIpc) is 3.14. The molecule has 1 aliphatic heterocycles. The molecule has 1 spiro atoms. The summed E-state index contributed by atoms with van der Waals surface area (Å²) in [5.41, 5.74) is 4.06. The summed E-state index contributed by atoms with van der Waals surface area (Å²) in [5.74, 6) is 2.80. The van der Waals surface area contributed by atoms with Crippen LogP contribution >= 0.6 is 0 Å². The molecule has 0 radical (unpaired) electrons. The van der Waals surface area contributed by atoms with Crippen LogP contribution in [-0.4, -0.2) is 25.7 Å². The highest BCUT2D eigenvalue weighted by Crippen LogP contribution is 2.74. The minimum absolute atomic E-state index is 0.0519. The van der Waals surface area contributed by atoms with Crippen LogP contribution < -0.4 is 5.32 Å². The lowest BCUT2D eigenvalue weighted by molar-refractivity contribution is -0.149. The summed E-state index contributed by atoms with van der Waals surface area (Å²) in [5, 5.41) is 4.07. The Morgan fingerprint density at radius 1 is 1.23 bits per heavy atom. The van der Waals surface area contributed by atoms with Crippen LogP contribution in [0.15, 0.2) is 11.1 Å². The molecule has 7 atom stereocenters. The van der Waals surface area contributed by atoms with Crippen LogP contribution in [0.5, 0.6) is 0 Å². The van der Waals surface area contributed by atoms with E-state index in [1.165, 1.54) is 45.1 Å². The molecule has 0 aromatic rings. The molecule has 0 unspecified atom stereocenters. The van der Waals surface area contributed by atoms with E-state index in [2.05, 4.69) is 26.1 Å². The van der Waals surface area contributed by atoms with Gasteiger partial charge in [0.05, 0.1) is 13.0 Å². The number of hydrogen-bond donors (Lipinski definition) is 1. The van der Waals surface area contributed by atoms with Gasteiger partial charge in [0.2, 0.25) is 0 Å². The maximum atomic E-state index is 12.8. The van der Waals surface area contributed by atoms with Crippen molar-refractivity contribution >= 4 is 5.97 Å². The Labute approximate surface area is 158 Å². The molecule has 1 N–H and O–H groups in total. The fourth-order valence-corrected chi connectivity index (χ4v) is 8.47. The second-order valence-electron chi connectivity index (χ2n) is 10.5. The molecule has 5 rings (SSSR count). The second kappa shape index (κ2) is 5.59. The van der Waals surface area contributed by atoms with Crippen LogP contribution in [0.3, 0.4) is 0 Å². The van der Waals surface area contributed by atoms with Crippen LogP contribution in [0.25, 0.3) is 0 Å². The number of piperidine rings is 1. The topological polar surface area (TPSA) is 38.3 Å². The highest BCUT2D eigenvalue weighted by atomic mass is 16.5. The Balaban J connectivity index is 1.72. The van der Waals surface area contributed by atoms with Crippen molar-refractivity contribution in [2.24, 2.45) is 40.4 Å². The van der Waals surface area contributed by atoms with Crippen LogP contribution in [0.2, 0.25) is 0 Å². The molecule has 144 valence electrons. The van der Waals surface area contributed by atoms with Crippen molar-refractivity contribution < 1.29 is 9.53 Å². The smallest absolute Gasteiger partial charge is 0.309 e. The minimum Gasteiger partial charge on any atom is -0.469 e. The maximum Gasteiger partial charge on any atom is 0.309 e. The van der Waals surface area contributed by atoms with Gasteiger partial charge in [0, 0.05) is 11.5 Å². The summed E-state index contributed by atoms with van der Waals surface area (Å²) in [6, 6.07) is 0.552. The van der Waals surface area contributed by atoms with Crippen molar-refractivity contribution in [2.75, 3.05) is 13.7 Å². The number of allylic oxidation sites excluding steroid dienone is 1. The molecule has 5 aliphatic rings. The van der Waals surface area contributed by atoms with Gasteiger partial charge >= 0.3 is 5.97 Å². The molecule has 1 saturated heterocycles. The first-order valence-corrected chi connectivity index (χ1v) is 11.0. The van der Waals surface area contributed by atoms with E-state index in [0.717, 1.165) is 18.3 Å². The number of carbonyl (C=O) groups excluding carboxylic acids is 1. The molecule has 0 aromatic heterocycles. The molecule has 2 saturated carbocycles. The average molecular weight is 358 g/mol. The predicted molar refractivity (Wildman–Crippen MR) is 102 cm³/mol. The molecule has 4 aliphatic carbocycles. The maximum absolute atomic E-state index is 12.8. The molecule has 0 amide bonds. The summed E-state index contributed by atoms with van der Waals surface area (Å²) in [6.45, 7) is 8.60. The number of esters is 1. The van der Waals surface area contributed by atoms with Crippen molar-refractivity contribution in [3.05, 3.63) is 11.1 Å². The third-order valence-corrected chi connectivity index (χ3v) is 9.63. The van der Waals surface area contributed by atoms with Crippen LogP contribution in [0.4, 0.5) is 0 Å². The highest BCUT2D eigenvalue weighted by molar-refractivity contribution is 5.75. The lowest BCUT2D eigenvalue weighted by Crippen LogP contribution is -2.68. The first kappa shape index (κ1) is 17.3. The van der Waals surface area contributed by atoms with E-state index in [4.69, 9.17) is 4.74 Å². The molecular formula is C23H35NO2. The molecule has 26 heavy (non-hydrogen) atoms. The molecule has 4 bridgehead atoms. The highest BCUT2D eigenvalue weighted by Gasteiger charge is 2.71. The summed E-state index contributed by atoms with van der Waals surface area (Å²) < 4.78 is 5.30. The molecule has 3 fully saturated rings. The third kappa shape index (κ3) is 1.86. The Morgan fingerprint density at radius 2 is 2.00 bits per heavy atom. The minimum atomic E-state index is 0.0519. The van der Waals surface area contributed by atoms with Crippen molar-refractivity contribution in [1.29, 1.82) is 0 Å². The van der Waals surface area contributed by atoms with Crippen molar-refractivity contribution in [1.82, 2.24) is 5.32 Å². The predicted octanol–water partition coefficient (Wildman–Crippen LogP) is 4.33. The summed E-state index contributed by atoms with van der Waals surface area (Å²) in [4.78, 5) is 12.8. The number of hydrogen-bond acceptors (Lipinski definition) is 3. The van der Waals surface area contributed by atoms with Gasteiger partial charge in [-0.05, 0) is 80.6 Å². The van der Waals surface area contributed by atoms with Crippen molar-refractivity contribution in [2.45, 2.75) is 71.8 Å². The molecule has 1 heterocycles. The van der Waals surface area contributed by atoms with Gasteiger partial charge in [-0.25, -0.2) is 0 Å². The first-order valence-electron chi connectivity index (χ1n) is 11.0. The zero-order valence-corrected chi connectivity index (χ0v) is 16.9. The SMILES string of the molecule is COC(=O)[C@@H]1C[C@]23C4=C(CC[C@@H]5CN[C@H]2[C@@H](C(C)C)CC[C@@]53C)CC[C@@H]41. The number of ether oxygens (including phenoxy) is 1. The second-order valence-corrected chi connectivity index (χ2v) is 10.5. The quantitative estimate of drug-likeness (QED) is 0.591. The van der Waals surface area contributed by atoms with E-state index < -0.39 is 0 Å². The summed E-state index contributed by atoms with van der Waals surface area (Å²) in [6.07, 6.45) is 8.78. The Hall–Kier alpha value is -0.830. The van der Waals surface area contributed by atoms with Gasteiger partial charge in [0.15, 0.2) is 0 Å². The van der Waals surface area contributed by atoms with E-state index in [1.807, 2.05) is 0 Å². The monoisotopic (exact) mass is 357 g/mol. The van der Waals surface area contributed by atoms with Gasteiger partial charge in [-0.15, -0.1) is 0 Å². The first-order chi connectivity index (χ1) is 12.4. The fourth-order valence-electron chi connectivity index (χ4n) is 8.47. The van der Waals surface area contributed by atoms with Crippen LogP contribution in [0, 0.1) is 40.4 Å². The van der Waals surface area contributed by atoms with Gasteiger partial charge in [-0.1, -0.05) is 31.9 Å². The Morgan fingerprint density at radius 3 is 2.73 bits per heavy atom. The number of nitrogens with one attached hydrogen (secondary N) is 1. The molecule has 3 nitrogen and oxygen atoms in total. The van der Waals surface area contributed by atoms with E-state index in [0.29, 0.717) is 23.3 Å². The van der Waals surface area contributed by atoms with E-state index in [9.17, 15) is 4.79 Å². The van der Waals surface area contributed by atoms with Crippen molar-refractivity contribution in [3.8, 4) is 0 Å². The normalized spacial score (nSPS) is 49.2. The zero-order valence-electron chi connectivity index (χ0n) is 16.9. The van der Waals surface area contributed by atoms with Crippen LogP contribution in [0.1, 0.15) is 65.7 Å². The zero-order chi connectivity index (χ0) is 18.3. The Bertz CT molecular complexity index is 667.